The van der Waals surface area contributed by atoms with Gasteiger partial charge in [-0.1, -0.05) is 6.92 Å². The Morgan fingerprint density at radius 2 is 1.85 bits per heavy atom. The summed E-state index contributed by atoms with van der Waals surface area (Å²) < 4.78 is 4.74. The van der Waals surface area contributed by atoms with Crippen molar-refractivity contribution >= 4 is 42.3 Å². The van der Waals surface area contributed by atoms with Crippen molar-refractivity contribution in [2.45, 2.75) is 45.2 Å². The summed E-state index contributed by atoms with van der Waals surface area (Å²) in [4.78, 5) is 59.3. The minimum Gasteiger partial charge on any atom is -0.480 e. The molecular formula is C15H25N3O7S. The molecular weight excluding hydrogens is 366 g/mol. The SMILES string of the molecule is CCOC(=O)CN(C(=O)CC)C(=O)C(CS)NC(=O)CCC(N)C(=O)O. The molecule has 0 aliphatic carbocycles. The Morgan fingerprint density at radius 1 is 1.23 bits per heavy atom. The Morgan fingerprint density at radius 3 is 2.31 bits per heavy atom. The molecule has 0 rings (SSSR count). The summed E-state index contributed by atoms with van der Waals surface area (Å²) in [6.45, 7) is 2.64. The van der Waals surface area contributed by atoms with E-state index < -0.39 is 48.3 Å². The van der Waals surface area contributed by atoms with E-state index in [1.807, 2.05) is 0 Å². The molecule has 10 nitrogen and oxygen atoms in total. The van der Waals surface area contributed by atoms with E-state index in [1.54, 1.807) is 6.92 Å². The lowest BCUT2D eigenvalue weighted by Gasteiger charge is -2.24. The molecule has 0 saturated heterocycles. The van der Waals surface area contributed by atoms with Crippen LogP contribution in [0.1, 0.15) is 33.1 Å². The van der Waals surface area contributed by atoms with Crippen LogP contribution in [0.15, 0.2) is 0 Å². The van der Waals surface area contributed by atoms with Crippen LogP contribution >= 0.6 is 12.6 Å². The highest BCUT2D eigenvalue weighted by atomic mass is 32.1. The van der Waals surface area contributed by atoms with Gasteiger partial charge in [0, 0.05) is 18.6 Å². The molecule has 148 valence electrons. The van der Waals surface area contributed by atoms with Gasteiger partial charge in [0.2, 0.25) is 11.8 Å². The number of rotatable bonds is 11. The fraction of sp³-hybridized carbons (Fsp3) is 0.667. The van der Waals surface area contributed by atoms with Gasteiger partial charge in [-0.3, -0.25) is 28.9 Å². The number of carbonyl (C=O) groups is 5. The lowest BCUT2D eigenvalue weighted by atomic mass is 10.1. The van der Waals surface area contributed by atoms with Crippen molar-refractivity contribution in [2.75, 3.05) is 18.9 Å². The maximum atomic E-state index is 12.5. The van der Waals surface area contributed by atoms with Crippen LogP contribution in [0.2, 0.25) is 0 Å². The molecule has 0 aliphatic heterocycles. The van der Waals surface area contributed by atoms with Crippen LogP contribution in [-0.2, 0) is 28.7 Å². The van der Waals surface area contributed by atoms with Crippen LogP contribution in [0.25, 0.3) is 0 Å². The topological polar surface area (TPSA) is 156 Å². The zero-order valence-electron chi connectivity index (χ0n) is 14.8. The largest absolute Gasteiger partial charge is 0.480 e. The van der Waals surface area contributed by atoms with Crippen molar-refractivity contribution in [1.29, 1.82) is 0 Å². The van der Waals surface area contributed by atoms with Crippen molar-refractivity contribution in [3.8, 4) is 0 Å². The molecule has 0 aromatic rings. The summed E-state index contributed by atoms with van der Waals surface area (Å²) in [5, 5.41) is 11.1. The Kier molecular flexibility index (Phi) is 11.2. The molecule has 0 spiro atoms. The number of carbonyl (C=O) groups excluding carboxylic acids is 4. The number of hydrogen-bond acceptors (Lipinski definition) is 8. The zero-order valence-corrected chi connectivity index (χ0v) is 15.7. The van der Waals surface area contributed by atoms with Gasteiger partial charge >= 0.3 is 11.9 Å². The molecule has 2 unspecified atom stereocenters. The molecule has 0 fully saturated rings. The van der Waals surface area contributed by atoms with E-state index in [9.17, 15) is 24.0 Å². The minimum absolute atomic E-state index is 0.0220. The third-order valence-corrected chi connectivity index (χ3v) is 3.64. The number of ether oxygens (including phenoxy) is 1. The predicted octanol–water partition coefficient (Wildman–Crippen LogP) is -1.08. The molecule has 11 heteroatoms. The Bertz CT molecular complexity index is 541. The normalized spacial score (nSPS) is 12.6. The summed E-state index contributed by atoms with van der Waals surface area (Å²) in [7, 11) is 0. The van der Waals surface area contributed by atoms with Crippen molar-refractivity contribution in [1.82, 2.24) is 10.2 Å². The lowest BCUT2D eigenvalue weighted by molar-refractivity contribution is -0.156. The monoisotopic (exact) mass is 391 g/mol. The first kappa shape index (κ1) is 23.9. The van der Waals surface area contributed by atoms with E-state index in [-0.39, 0.29) is 31.6 Å². The average molecular weight is 391 g/mol. The highest BCUT2D eigenvalue weighted by Gasteiger charge is 2.30. The molecule has 0 heterocycles. The molecule has 0 radical (unpaired) electrons. The van der Waals surface area contributed by atoms with Crippen molar-refractivity contribution < 1.29 is 33.8 Å². The fourth-order valence-electron chi connectivity index (χ4n) is 1.87. The number of carboxylic acid groups (broad SMARTS) is 1. The van der Waals surface area contributed by atoms with E-state index in [1.165, 1.54) is 6.92 Å². The van der Waals surface area contributed by atoms with E-state index in [0.29, 0.717) is 4.90 Å². The van der Waals surface area contributed by atoms with Crippen LogP contribution < -0.4 is 11.1 Å². The number of amides is 3. The molecule has 0 bridgehead atoms. The third kappa shape index (κ3) is 8.30. The molecule has 0 aromatic heterocycles. The Balaban J connectivity index is 4.97. The summed E-state index contributed by atoms with van der Waals surface area (Å²) in [6.07, 6.45) is -0.356. The van der Waals surface area contributed by atoms with E-state index in [4.69, 9.17) is 15.6 Å². The third-order valence-electron chi connectivity index (χ3n) is 3.28. The number of nitrogens with two attached hydrogens (primary N) is 1. The molecule has 0 aromatic carbocycles. The number of hydrogen-bond donors (Lipinski definition) is 4. The zero-order chi connectivity index (χ0) is 20.3. The van der Waals surface area contributed by atoms with Gasteiger partial charge in [0.15, 0.2) is 0 Å². The van der Waals surface area contributed by atoms with Gasteiger partial charge in [0.1, 0.15) is 18.6 Å². The first-order chi connectivity index (χ1) is 12.2. The Labute approximate surface area is 156 Å². The van der Waals surface area contributed by atoms with Crippen LogP contribution in [0.3, 0.4) is 0 Å². The lowest BCUT2D eigenvalue weighted by Crippen LogP contribution is -2.53. The summed E-state index contributed by atoms with van der Waals surface area (Å²) in [5.74, 6) is -4.12. The molecule has 4 N–H and O–H groups in total. The van der Waals surface area contributed by atoms with Crippen molar-refractivity contribution in [2.24, 2.45) is 5.73 Å². The van der Waals surface area contributed by atoms with Crippen LogP contribution in [0.4, 0.5) is 0 Å². The van der Waals surface area contributed by atoms with Gasteiger partial charge in [-0.25, -0.2) is 0 Å². The minimum atomic E-state index is -1.24. The van der Waals surface area contributed by atoms with Crippen molar-refractivity contribution in [3.63, 3.8) is 0 Å². The molecule has 0 saturated carbocycles. The maximum absolute atomic E-state index is 12.5. The quantitative estimate of drug-likeness (QED) is 0.256. The van der Waals surface area contributed by atoms with Gasteiger partial charge in [0.05, 0.1) is 6.61 Å². The number of nitrogens with one attached hydrogen (secondary N) is 1. The summed E-state index contributed by atoms with van der Waals surface area (Å²) >= 11 is 3.99. The number of esters is 1. The van der Waals surface area contributed by atoms with Gasteiger partial charge in [-0.05, 0) is 13.3 Å². The molecule has 3 amide bonds. The molecule has 2 atom stereocenters. The second-order valence-corrected chi connectivity index (χ2v) is 5.63. The van der Waals surface area contributed by atoms with Crippen LogP contribution in [0.5, 0.6) is 0 Å². The second kappa shape index (κ2) is 12.3. The molecule has 0 aliphatic rings. The first-order valence-corrected chi connectivity index (χ1v) is 8.69. The number of thiol groups is 1. The number of aliphatic carboxylic acids is 1. The maximum Gasteiger partial charge on any atom is 0.326 e. The highest BCUT2D eigenvalue weighted by molar-refractivity contribution is 7.80. The number of imide groups is 1. The van der Waals surface area contributed by atoms with E-state index in [2.05, 4.69) is 17.9 Å². The number of nitrogens with zero attached hydrogens (tertiary/aromatic N) is 1. The van der Waals surface area contributed by atoms with E-state index in [0.717, 1.165) is 0 Å². The average Bonchev–Trinajstić information content (AvgIpc) is 2.60. The van der Waals surface area contributed by atoms with Crippen molar-refractivity contribution in [3.05, 3.63) is 0 Å². The van der Waals surface area contributed by atoms with Gasteiger partial charge in [-0.15, -0.1) is 0 Å². The Hall–Kier alpha value is -2.14. The second-order valence-electron chi connectivity index (χ2n) is 5.26. The van der Waals surface area contributed by atoms with Gasteiger partial charge < -0.3 is 20.9 Å². The smallest absolute Gasteiger partial charge is 0.326 e. The highest BCUT2D eigenvalue weighted by Crippen LogP contribution is 2.04. The summed E-state index contributed by atoms with van der Waals surface area (Å²) in [6, 6.07) is -2.36. The van der Waals surface area contributed by atoms with Crippen LogP contribution in [-0.4, -0.2) is 70.7 Å². The van der Waals surface area contributed by atoms with Crippen LogP contribution in [0, 0.1) is 0 Å². The summed E-state index contributed by atoms with van der Waals surface area (Å²) in [5.41, 5.74) is 5.31. The number of carboxylic acids is 1. The first-order valence-electron chi connectivity index (χ1n) is 8.06. The van der Waals surface area contributed by atoms with E-state index >= 15 is 0 Å². The fourth-order valence-corrected chi connectivity index (χ4v) is 2.11. The van der Waals surface area contributed by atoms with Gasteiger partial charge in [0.25, 0.3) is 5.91 Å². The molecule has 26 heavy (non-hydrogen) atoms. The standard InChI is InChI=1S/C15H25N3O7S/c1-3-12(20)18(7-13(21)25-4-2)14(22)10(8-26)17-11(19)6-5-9(16)15(23)24/h9-10,26H,3-8,16H2,1-2H3,(H,17,19)(H,23,24). The van der Waals surface area contributed by atoms with Gasteiger partial charge in [-0.2, -0.15) is 12.6 Å². The predicted molar refractivity (Wildman–Crippen MR) is 94.3 cm³/mol.